The summed E-state index contributed by atoms with van der Waals surface area (Å²) in [5.41, 5.74) is 0.719. The zero-order chi connectivity index (χ0) is 13.9. The van der Waals surface area contributed by atoms with Crippen molar-refractivity contribution in [3.05, 3.63) is 23.9 Å². The van der Waals surface area contributed by atoms with Crippen LogP contribution < -0.4 is 5.32 Å². The summed E-state index contributed by atoms with van der Waals surface area (Å²) in [5, 5.41) is 2.94. The van der Waals surface area contributed by atoms with Gasteiger partial charge in [-0.3, -0.25) is 4.79 Å². The molecule has 0 spiro atoms. The first kappa shape index (κ1) is 14.5. The summed E-state index contributed by atoms with van der Waals surface area (Å²) in [6.07, 6.45) is 1.65. The molecule has 0 aliphatic rings. The monoisotopic (exact) mass is 249 g/mol. The van der Waals surface area contributed by atoms with Gasteiger partial charge in [-0.05, 0) is 24.5 Å². The summed E-state index contributed by atoms with van der Waals surface area (Å²) in [5.74, 6) is 0.731. The highest BCUT2D eigenvalue weighted by Gasteiger charge is 2.27. The van der Waals surface area contributed by atoms with E-state index < -0.39 is 0 Å². The maximum Gasteiger partial charge on any atom is 0.254 e. The van der Waals surface area contributed by atoms with Gasteiger partial charge in [0.05, 0.1) is 0 Å². The van der Waals surface area contributed by atoms with Crippen molar-refractivity contribution < 1.29 is 4.79 Å². The summed E-state index contributed by atoms with van der Waals surface area (Å²) in [6, 6.07) is 3.68. The van der Waals surface area contributed by atoms with E-state index in [1.54, 1.807) is 30.3 Å². The minimum absolute atomic E-state index is 0.0244. The maximum absolute atomic E-state index is 12.4. The third-order valence-electron chi connectivity index (χ3n) is 3.42. The topological polar surface area (TPSA) is 45.2 Å². The second kappa shape index (κ2) is 5.38. The smallest absolute Gasteiger partial charge is 0.254 e. The lowest BCUT2D eigenvalue weighted by Crippen LogP contribution is -2.42. The molecule has 4 nitrogen and oxygen atoms in total. The van der Waals surface area contributed by atoms with Crippen molar-refractivity contribution in [2.45, 2.75) is 33.7 Å². The zero-order valence-corrected chi connectivity index (χ0v) is 12.1. The van der Waals surface area contributed by atoms with Crippen LogP contribution in [0.15, 0.2) is 18.3 Å². The number of carbonyl (C=O) groups excluding carboxylic acids is 1. The molecular formula is C14H23N3O. The molecule has 0 saturated carbocycles. The van der Waals surface area contributed by atoms with Crippen LogP contribution in [0.4, 0.5) is 5.82 Å². The van der Waals surface area contributed by atoms with Crippen molar-refractivity contribution in [3.8, 4) is 0 Å². The van der Waals surface area contributed by atoms with Gasteiger partial charge in [-0.25, -0.2) is 4.98 Å². The van der Waals surface area contributed by atoms with Crippen molar-refractivity contribution in [1.82, 2.24) is 9.88 Å². The predicted octanol–water partition coefficient (Wildman–Crippen LogP) is 2.63. The first-order valence-electron chi connectivity index (χ1n) is 6.18. The Morgan fingerprint density at radius 3 is 2.56 bits per heavy atom. The van der Waals surface area contributed by atoms with Gasteiger partial charge in [-0.1, -0.05) is 20.8 Å². The molecule has 100 valence electrons. The average molecular weight is 249 g/mol. The Labute approximate surface area is 109 Å². The van der Waals surface area contributed by atoms with E-state index in [1.807, 2.05) is 7.05 Å². The molecule has 1 unspecified atom stereocenters. The molecule has 1 rings (SSSR count). The van der Waals surface area contributed by atoms with Gasteiger partial charge in [-0.15, -0.1) is 0 Å². The van der Waals surface area contributed by atoms with Crippen LogP contribution in [0.25, 0.3) is 0 Å². The summed E-state index contributed by atoms with van der Waals surface area (Å²) >= 11 is 0. The molecule has 1 aromatic rings. The largest absolute Gasteiger partial charge is 0.373 e. The van der Waals surface area contributed by atoms with E-state index in [9.17, 15) is 4.79 Å². The Morgan fingerprint density at radius 1 is 1.44 bits per heavy atom. The minimum Gasteiger partial charge on any atom is -0.373 e. The fraction of sp³-hybridized carbons (Fsp3) is 0.571. The molecule has 1 heterocycles. The number of hydrogen-bond acceptors (Lipinski definition) is 3. The van der Waals surface area contributed by atoms with Crippen molar-refractivity contribution in [2.75, 3.05) is 19.4 Å². The Kier molecular flexibility index (Phi) is 4.33. The van der Waals surface area contributed by atoms with Crippen LogP contribution in [0.1, 0.15) is 38.1 Å². The fourth-order valence-corrected chi connectivity index (χ4v) is 1.66. The summed E-state index contributed by atoms with van der Waals surface area (Å²) in [7, 11) is 3.63. The first-order valence-corrected chi connectivity index (χ1v) is 6.18. The van der Waals surface area contributed by atoms with Crippen LogP contribution in [-0.2, 0) is 0 Å². The third kappa shape index (κ3) is 3.22. The van der Waals surface area contributed by atoms with E-state index in [1.165, 1.54) is 0 Å². The van der Waals surface area contributed by atoms with Gasteiger partial charge >= 0.3 is 0 Å². The molecule has 1 atom stereocenters. The van der Waals surface area contributed by atoms with E-state index in [-0.39, 0.29) is 17.4 Å². The van der Waals surface area contributed by atoms with E-state index in [0.717, 1.165) is 0 Å². The summed E-state index contributed by atoms with van der Waals surface area (Å²) in [6.45, 7) is 8.46. The quantitative estimate of drug-likeness (QED) is 0.895. The van der Waals surface area contributed by atoms with Gasteiger partial charge in [0.15, 0.2) is 0 Å². The number of rotatable bonds is 3. The summed E-state index contributed by atoms with van der Waals surface area (Å²) < 4.78 is 0. The molecule has 1 N–H and O–H groups in total. The van der Waals surface area contributed by atoms with Gasteiger partial charge in [0, 0.05) is 31.9 Å². The highest BCUT2D eigenvalue weighted by atomic mass is 16.2. The van der Waals surface area contributed by atoms with Crippen LogP contribution in [0.2, 0.25) is 0 Å². The van der Waals surface area contributed by atoms with Crippen LogP contribution in [0.5, 0.6) is 0 Å². The van der Waals surface area contributed by atoms with Gasteiger partial charge in [0.2, 0.25) is 0 Å². The van der Waals surface area contributed by atoms with Gasteiger partial charge in [0.25, 0.3) is 5.91 Å². The van der Waals surface area contributed by atoms with Crippen molar-refractivity contribution >= 4 is 11.7 Å². The molecule has 18 heavy (non-hydrogen) atoms. The lowest BCUT2D eigenvalue weighted by molar-refractivity contribution is 0.0629. The number of hydrogen-bond donors (Lipinski definition) is 1. The van der Waals surface area contributed by atoms with E-state index in [4.69, 9.17) is 0 Å². The molecular weight excluding hydrogens is 226 g/mol. The van der Waals surface area contributed by atoms with Crippen LogP contribution in [-0.4, -0.2) is 35.9 Å². The minimum atomic E-state index is 0.0244. The number of nitrogens with zero attached hydrogens (tertiary/aromatic N) is 2. The van der Waals surface area contributed by atoms with Crippen molar-refractivity contribution in [1.29, 1.82) is 0 Å². The molecule has 0 aliphatic carbocycles. The standard InChI is InChI=1S/C14H23N3O/c1-10(14(2,3)4)17(6)13(18)11-7-8-16-12(9-11)15-5/h7-10H,1-6H3,(H,15,16). The Morgan fingerprint density at radius 2 is 2.06 bits per heavy atom. The van der Waals surface area contributed by atoms with Crippen LogP contribution >= 0.6 is 0 Å². The van der Waals surface area contributed by atoms with E-state index in [0.29, 0.717) is 11.4 Å². The highest BCUT2D eigenvalue weighted by Crippen LogP contribution is 2.24. The van der Waals surface area contributed by atoms with Gasteiger partial charge in [0.1, 0.15) is 5.82 Å². The van der Waals surface area contributed by atoms with E-state index >= 15 is 0 Å². The maximum atomic E-state index is 12.4. The molecule has 4 heteroatoms. The fourth-order valence-electron chi connectivity index (χ4n) is 1.66. The Hall–Kier alpha value is -1.58. The molecule has 0 fully saturated rings. The molecule has 0 radical (unpaired) electrons. The molecule has 1 amide bonds. The lowest BCUT2D eigenvalue weighted by Gasteiger charge is -2.35. The SMILES string of the molecule is CNc1cc(C(=O)N(C)C(C)C(C)(C)C)ccn1. The number of aromatic nitrogens is 1. The number of carbonyl (C=O) groups is 1. The zero-order valence-electron chi connectivity index (χ0n) is 12.1. The first-order chi connectivity index (χ1) is 8.27. The van der Waals surface area contributed by atoms with Gasteiger partial charge < -0.3 is 10.2 Å². The van der Waals surface area contributed by atoms with E-state index in [2.05, 4.69) is 38.0 Å². The molecule has 0 bridgehead atoms. The number of nitrogens with one attached hydrogen (secondary N) is 1. The highest BCUT2D eigenvalue weighted by molar-refractivity contribution is 5.94. The predicted molar refractivity (Wildman–Crippen MR) is 74.8 cm³/mol. The number of pyridine rings is 1. The molecule has 0 aromatic carbocycles. The molecule has 0 saturated heterocycles. The normalized spacial score (nSPS) is 13.0. The Balaban J connectivity index is 2.93. The molecule has 1 aromatic heterocycles. The second-order valence-corrected chi connectivity index (χ2v) is 5.64. The number of amides is 1. The molecule has 0 aliphatic heterocycles. The van der Waals surface area contributed by atoms with Gasteiger partial charge in [-0.2, -0.15) is 0 Å². The van der Waals surface area contributed by atoms with Crippen molar-refractivity contribution in [2.24, 2.45) is 5.41 Å². The third-order valence-corrected chi connectivity index (χ3v) is 3.42. The summed E-state index contributed by atoms with van der Waals surface area (Å²) in [4.78, 5) is 18.3. The van der Waals surface area contributed by atoms with Crippen molar-refractivity contribution in [3.63, 3.8) is 0 Å². The van der Waals surface area contributed by atoms with Crippen LogP contribution in [0, 0.1) is 5.41 Å². The lowest BCUT2D eigenvalue weighted by atomic mass is 9.87. The Bertz CT molecular complexity index is 423. The van der Waals surface area contributed by atoms with Crippen LogP contribution in [0.3, 0.4) is 0 Å². The number of anilines is 1. The second-order valence-electron chi connectivity index (χ2n) is 5.64. The average Bonchev–Trinajstić information content (AvgIpc) is 2.35.